The number of hydrogen-bond donors (Lipinski definition) is 1. The molecule has 188 valence electrons. The van der Waals surface area contributed by atoms with Gasteiger partial charge >= 0.3 is 0 Å². The second-order valence-electron chi connectivity index (χ2n) is 9.02. The molecule has 0 radical (unpaired) electrons. The molecule has 1 aliphatic heterocycles. The molecule has 1 aliphatic rings. The molecule has 0 saturated carbocycles. The van der Waals surface area contributed by atoms with E-state index >= 15 is 0 Å². The summed E-state index contributed by atoms with van der Waals surface area (Å²) in [5.41, 5.74) is 3.20. The Morgan fingerprint density at radius 2 is 1.70 bits per heavy atom. The molecule has 0 saturated heterocycles. The lowest BCUT2D eigenvalue weighted by atomic mass is 10.1. The zero-order valence-corrected chi connectivity index (χ0v) is 21.9. The number of hydrogen-bond acceptors (Lipinski definition) is 4. The van der Waals surface area contributed by atoms with E-state index in [-0.39, 0.29) is 16.8 Å². The van der Waals surface area contributed by atoms with Crippen molar-refractivity contribution in [3.8, 4) is 11.5 Å². The van der Waals surface area contributed by atoms with Crippen LogP contribution in [0.15, 0.2) is 95.9 Å². The first-order valence-electron chi connectivity index (χ1n) is 11.8. The Bertz CT molecular complexity index is 1570. The van der Waals surface area contributed by atoms with Crippen LogP contribution in [0.5, 0.6) is 11.5 Å². The van der Waals surface area contributed by atoms with Crippen molar-refractivity contribution in [2.24, 2.45) is 0 Å². The highest BCUT2D eigenvalue weighted by atomic mass is 35.5. The number of benzene rings is 4. The highest BCUT2D eigenvalue weighted by Gasteiger charge is 2.36. The normalized spacial score (nSPS) is 14.8. The van der Waals surface area contributed by atoms with Crippen LogP contribution in [0.4, 0.5) is 11.4 Å². The Hall–Kier alpha value is -3.81. The fourth-order valence-corrected chi connectivity index (χ4v) is 6.30. The summed E-state index contributed by atoms with van der Waals surface area (Å²) in [5, 5.41) is 3.34. The Morgan fingerprint density at radius 3 is 2.43 bits per heavy atom. The van der Waals surface area contributed by atoms with Crippen LogP contribution in [0.25, 0.3) is 0 Å². The van der Waals surface area contributed by atoms with Crippen molar-refractivity contribution in [3.63, 3.8) is 0 Å². The molecule has 4 aromatic carbocycles. The second-order valence-corrected chi connectivity index (χ2v) is 11.3. The van der Waals surface area contributed by atoms with Gasteiger partial charge in [0.05, 0.1) is 16.3 Å². The second kappa shape index (κ2) is 9.92. The zero-order chi connectivity index (χ0) is 26.2. The van der Waals surface area contributed by atoms with Gasteiger partial charge in [0, 0.05) is 16.6 Å². The largest absolute Gasteiger partial charge is 0.455 e. The van der Waals surface area contributed by atoms with Crippen LogP contribution in [0, 0.1) is 6.92 Å². The number of anilines is 2. The lowest BCUT2D eigenvalue weighted by Crippen LogP contribution is -2.35. The van der Waals surface area contributed by atoms with Crippen molar-refractivity contribution in [1.29, 1.82) is 0 Å². The SMILES string of the molecule is Cc1ccc(S(=O)(=O)N2c3ccc(C(=O)Nc4cc(Cl)ccc4Oc4ccccc4)cc3C[C@H]2C)cc1. The van der Waals surface area contributed by atoms with E-state index in [9.17, 15) is 13.2 Å². The summed E-state index contributed by atoms with van der Waals surface area (Å²) in [6, 6.07) is 25.9. The van der Waals surface area contributed by atoms with Crippen LogP contribution in [0.1, 0.15) is 28.4 Å². The maximum absolute atomic E-state index is 13.4. The smallest absolute Gasteiger partial charge is 0.264 e. The molecule has 0 bridgehead atoms. The van der Waals surface area contributed by atoms with E-state index in [1.807, 2.05) is 44.2 Å². The molecular formula is C29H25ClN2O4S. The first-order valence-corrected chi connectivity index (χ1v) is 13.6. The minimum atomic E-state index is -3.74. The van der Waals surface area contributed by atoms with E-state index in [0.717, 1.165) is 11.1 Å². The molecule has 1 amide bonds. The van der Waals surface area contributed by atoms with Crippen molar-refractivity contribution >= 4 is 38.9 Å². The summed E-state index contributed by atoms with van der Waals surface area (Å²) in [6.07, 6.45) is 0.501. The number of carbonyl (C=O) groups excluding carboxylic acids is 1. The van der Waals surface area contributed by atoms with Crippen molar-refractivity contribution < 1.29 is 17.9 Å². The molecule has 4 aromatic rings. The van der Waals surface area contributed by atoms with Crippen molar-refractivity contribution in [2.45, 2.75) is 31.2 Å². The molecule has 0 fully saturated rings. The maximum Gasteiger partial charge on any atom is 0.264 e. The van der Waals surface area contributed by atoms with Gasteiger partial charge in [0.25, 0.3) is 15.9 Å². The minimum Gasteiger partial charge on any atom is -0.455 e. The molecular weight excluding hydrogens is 508 g/mol. The van der Waals surface area contributed by atoms with Crippen LogP contribution in [-0.4, -0.2) is 20.4 Å². The molecule has 37 heavy (non-hydrogen) atoms. The van der Waals surface area contributed by atoms with Gasteiger partial charge in [-0.05, 0) is 86.5 Å². The fourth-order valence-electron chi connectivity index (χ4n) is 4.43. The summed E-state index contributed by atoms with van der Waals surface area (Å²) >= 11 is 6.19. The number of nitrogens with zero attached hydrogens (tertiary/aromatic N) is 1. The van der Waals surface area contributed by atoms with E-state index in [2.05, 4.69) is 5.32 Å². The van der Waals surface area contributed by atoms with Gasteiger partial charge in [-0.25, -0.2) is 8.42 Å². The van der Waals surface area contributed by atoms with Gasteiger partial charge in [0.1, 0.15) is 5.75 Å². The van der Waals surface area contributed by atoms with Gasteiger partial charge in [-0.15, -0.1) is 0 Å². The number of carbonyl (C=O) groups is 1. The minimum absolute atomic E-state index is 0.242. The summed E-state index contributed by atoms with van der Waals surface area (Å²) < 4.78 is 34.2. The monoisotopic (exact) mass is 532 g/mol. The zero-order valence-electron chi connectivity index (χ0n) is 20.3. The average Bonchev–Trinajstić information content (AvgIpc) is 3.22. The standard InChI is InChI=1S/C29H25ClN2O4S/c1-19-8-12-25(13-9-19)37(34,35)32-20(2)16-22-17-21(10-14-27(22)32)29(33)31-26-18-23(30)11-15-28(26)36-24-6-4-3-5-7-24/h3-15,17-18,20H,16H2,1-2H3,(H,31,33)/t20-/m1/s1. The summed E-state index contributed by atoms with van der Waals surface area (Å²) in [5.74, 6) is 0.728. The predicted octanol–water partition coefficient (Wildman–Crippen LogP) is 6.83. The number of fused-ring (bicyclic) bond motifs is 1. The third-order valence-electron chi connectivity index (χ3n) is 6.23. The first kappa shape index (κ1) is 24.9. The molecule has 1 atom stereocenters. The van der Waals surface area contributed by atoms with Gasteiger partial charge < -0.3 is 10.1 Å². The lowest BCUT2D eigenvalue weighted by Gasteiger charge is -2.24. The van der Waals surface area contributed by atoms with Crippen molar-refractivity contribution in [2.75, 3.05) is 9.62 Å². The molecule has 0 aromatic heterocycles. The number of sulfonamides is 1. The van der Waals surface area contributed by atoms with E-state index in [1.165, 1.54) is 4.31 Å². The Balaban J connectivity index is 1.41. The Labute approximate surface area is 221 Å². The van der Waals surface area contributed by atoms with Gasteiger partial charge in [-0.3, -0.25) is 9.10 Å². The molecule has 1 heterocycles. The van der Waals surface area contributed by atoms with Gasteiger partial charge in [0.2, 0.25) is 0 Å². The van der Waals surface area contributed by atoms with E-state index < -0.39 is 10.0 Å². The molecule has 5 rings (SSSR count). The number of nitrogens with one attached hydrogen (secondary N) is 1. The average molecular weight is 533 g/mol. The van der Waals surface area contributed by atoms with Gasteiger partial charge in [-0.2, -0.15) is 0 Å². The number of aryl methyl sites for hydroxylation is 1. The third kappa shape index (κ3) is 5.05. The van der Waals surface area contributed by atoms with Crippen LogP contribution < -0.4 is 14.4 Å². The molecule has 0 unspecified atom stereocenters. The topological polar surface area (TPSA) is 75.7 Å². The van der Waals surface area contributed by atoms with Crippen LogP contribution in [0.3, 0.4) is 0 Å². The van der Waals surface area contributed by atoms with Crippen molar-refractivity contribution in [1.82, 2.24) is 0 Å². The first-order chi connectivity index (χ1) is 17.7. The summed E-state index contributed by atoms with van der Waals surface area (Å²) in [7, 11) is -3.74. The van der Waals surface area contributed by atoms with Crippen molar-refractivity contribution in [3.05, 3.63) is 113 Å². The number of para-hydroxylation sites is 1. The van der Waals surface area contributed by atoms with Gasteiger partial charge in [-0.1, -0.05) is 47.5 Å². The Kier molecular flexibility index (Phi) is 6.67. The van der Waals surface area contributed by atoms with E-state index in [1.54, 1.807) is 60.7 Å². The molecule has 0 aliphatic carbocycles. The maximum atomic E-state index is 13.4. The summed E-state index contributed by atoms with van der Waals surface area (Å²) in [6.45, 7) is 3.78. The number of ether oxygens (including phenoxy) is 1. The molecule has 1 N–H and O–H groups in total. The molecule has 8 heteroatoms. The lowest BCUT2D eigenvalue weighted by molar-refractivity contribution is 0.102. The quantitative estimate of drug-likeness (QED) is 0.295. The van der Waals surface area contributed by atoms with E-state index in [4.69, 9.17) is 16.3 Å². The van der Waals surface area contributed by atoms with Crippen LogP contribution in [0.2, 0.25) is 5.02 Å². The van der Waals surface area contributed by atoms with Crippen LogP contribution in [-0.2, 0) is 16.4 Å². The number of amides is 1. The number of rotatable bonds is 6. The fraction of sp³-hybridized carbons (Fsp3) is 0.138. The number of halogens is 1. The van der Waals surface area contributed by atoms with E-state index in [0.29, 0.717) is 39.9 Å². The summed E-state index contributed by atoms with van der Waals surface area (Å²) in [4.78, 5) is 13.4. The van der Waals surface area contributed by atoms with Crippen LogP contribution >= 0.6 is 11.6 Å². The highest BCUT2D eigenvalue weighted by Crippen LogP contribution is 2.38. The molecule has 0 spiro atoms. The molecule has 6 nitrogen and oxygen atoms in total. The highest BCUT2D eigenvalue weighted by molar-refractivity contribution is 7.92. The van der Waals surface area contributed by atoms with Gasteiger partial charge in [0.15, 0.2) is 5.75 Å². The third-order valence-corrected chi connectivity index (χ3v) is 8.41. The predicted molar refractivity (Wildman–Crippen MR) is 146 cm³/mol. The Morgan fingerprint density at radius 1 is 0.973 bits per heavy atom.